The molecule has 26 heavy (non-hydrogen) atoms. The van der Waals surface area contributed by atoms with Gasteiger partial charge in [0.1, 0.15) is 5.56 Å². The standard InChI is InChI=1S/C17H14F6INO/c18-16(19,20)7-1-2-10(8-24)15-25-12-6-5-11(9-3-4-9)13(14(12)26-15)17(21,22)23/h1-2,5-6,8-9,15,25H,3-4,7H2/b2-1-,10-8+. The number of fused-ring (bicyclic) bond motifs is 1. The molecule has 1 unspecified atom stereocenters. The van der Waals surface area contributed by atoms with Crippen molar-refractivity contribution in [2.24, 2.45) is 0 Å². The summed E-state index contributed by atoms with van der Waals surface area (Å²) >= 11 is 1.81. The number of allylic oxidation sites excluding steroid dienone is 1. The minimum atomic E-state index is -4.57. The number of rotatable bonds is 4. The molecule has 1 heterocycles. The molecule has 1 aliphatic heterocycles. The Morgan fingerprint density at radius 2 is 1.88 bits per heavy atom. The molecule has 1 atom stereocenters. The van der Waals surface area contributed by atoms with E-state index in [1.165, 1.54) is 22.3 Å². The van der Waals surface area contributed by atoms with Gasteiger partial charge in [0.15, 0.2) is 12.0 Å². The third kappa shape index (κ3) is 4.29. The number of ether oxygens (including phenoxy) is 1. The maximum atomic E-state index is 13.6. The van der Waals surface area contributed by atoms with Crippen LogP contribution in [0.15, 0.2) is 33.9 Å². The first-order chi connectivity index (χ1) is 12.1. The highest BCUT2D eigenvalue weighted by Crippen LogP contribution is 2.52. The molecular weight excluding hydrogens is 475 g/mol. The lowest BCUT2D eigenvalue weighted by atomic mass is 10.0. The Morgan fingerprint density at radius 1 is 1.19 bits per heavy atom. The smallest absolute Gasteiger partial charge is 0.420 e. The third-order valence-electron chi connectivity index (χ3n) is 4.10. The van der Waals surface area contributed by atoms with Crippen LogP contribution in [0.25, 0.3) is 0 Å². The van der Waals surface area contributed by atoms with Crippen LogP contribution in [0.1, 0.15) is 36.3 Å². The van der Waals surface area contributed by atoms with E-state index in [1.54, 1.807) is 0 Å². The number of alkyl halides is 6. The first kappa shape index (κ1) is 19.4. The van der Waals surface area contributed by atoms with Crippen LogP contribution in [0.2, 0.25) is 0 Å². The molecule has 1 fully saturated rings. The Morgan fingerprint density at radius 3 is 2.42 bits per heavy atom. The van der Waals surface area contributed by atoms with Crippen LogP contribution in [-0.4, -0.2) is 12.4 Å². The molecule has 1 aliphatic carbocycles. The molecular formula is C17H14F6INO. The Hall–Kier alpha value is -1.39. The van der Waals surface area contributed by atoms with E-state index in [0.29, 0.717) is 18.4 Å². The van der Waals surface area contributed by atoms with Gasteiger partial charge in [0.2, 0.25) is 0 Å². The van der Waals surface area contributed by atoms with Gasteiger partial charge in [-0.25, -0.2) is 0 Å². The average Bonchev–Trinajstić information content (AvgIpc) is 3.27. The van der Waals surface area contributed by atoms with Crippen molar-refractivity contribution < 1.29 is 31.1 Å². The SMILES string of the molecule is FC(F)(F)C/C=C\C(=C/I)C1Nc2ccc(C3CC3)c(C(F)(F)F)c2O1. The maximum Gasteiger partial charge on any atom is 0.420 e. The molecule has 0 bridgehead atoms. The third-order valence-corrected chi connectivity index (χ3v) is 4.82. The summed E-state index contributed by atoms with van der Waals surface area (Å²) in [6, 6.07) is 2.98. The summed E-state index contributed by atoms with van der Waals surface area (Å²) in [6.45, 7) is 0. The summed E-state index contributed by atoms with van der Waals surface area (Å²) in [5, 5.41) is 2.80. The predicted octanol–water partition coefficient (Wildman–Crippen LogP) is 6.54. The lowest BCUT2D eigenvalue weighted by Gasteiger charge is -2.16. The molecule has 2 aliphatic rings. The zero-order valence-electron chi connectivity index (χ0n) is 13.2. The van der Waals surface area contributed by atoms with Crippen LogP contribution in [0.5, 0.6) is 5.75 Å². The Labute approximate surface area is 159 Å². The minimum absolute atomic E-state index is 0.120. The van der Waals surface area contributed by atoms with Crippen molar-refractivity contribution >= 4 is 28.3 Å². The highest BCUT2D eigenvalue weighted by molar-refractivity contribution is 14.1. The lowest BCUT2D eigenvalue weighted by Crippen LogP contribution is -2.22. The van der Waals surface area contributed by atoms with E-state index >= 15 is 0 Å². The molecule has 1 aromatic rings. The molecule has 0 spiro atoms. The quantitative estimate of drug-likeness (QED) is 0.295. The van der Waals surface area contributed by atoms with E-state index in [2.05, 4.69) is 5.32 Å². The molecule has 142 valence electrons. The average molecular weight is 489 g/mol. The van der Waals surface area contributed by atoms with Crippen molar-refractivity contribution in [1.82, 2.24) is 0 Å². The van der Waals surface area contributed by atoms with Crippen molar-refractivity contribution in [2.75, 3.05) is 5.32 Å². The van der Waals surface area contributed by atoms with Crippen LogP contribution < -0.4 is 10.1 Å². The van der Waals surface area contributed by atoms with E-state index < -0.39 is 30.6 Å². The van der Waals surface area contributed by atoms with Gasteiger partial charge in [-0.3, -0.25) is 0 Å². The summed E-state index contributed by atoms with van der Waals surface area (Å²) in [6.07, 6.45) is -7.47. The van der Waals surface area contributed by atoms with Crippen LogP contribution in [0, 0.1) is 0 Å². The first-order valence-electron chi connectivity index (χ1n) is 7.81. The van der Waals surface area contributed by atoms with E-state index in [-0.39, 0.29) is 22.9 Å². The van der Waals surface area contributed by atoms with Gasteiger partial charge >= 0.3 is 12.4 Å². The molecule has 2 nitrogen and oxygen atoms in total. The zero-order chi connectivity index (χ0) is 19.1. The van der Waals surface area contributed by atoms with Crippen molar-refractivity contribution in [1.29, 1.82) is 0 Å². The van der Waals surface area contributed by atoms with E-state index in [9.17, 15) is 26.3 Å². The second-order valence-corrected chi connectivity index (χ2v) is 6.77. The normalized spacial score (nSPS) is 20.9. The number of hydrogen-bond acceptors (Lipinski definition) is 2. The highest BCUT2D eigenvalue weighted by atomic mass is 127. The number of nitrogens with one attached hydrogen (secondary N) is 1. The van der Waals surface area contributed by atoms with Crippen molar-refractivity contribution in [3.05, 3.63) is 45.1 Å². The molecule has 0 aromatic heterocycles. The van der Waals surface area contributed by atoms with Gasteiger partial charge in [-0.1, -0.05) is 40.8 Å². The van der Waals surface area contributed by atoms with Gasteiger partial charge in [0.05, 0.1) is 12.1 Å². The van der Waals surface area contributed by atoms with Gasteiger partial charge < -0.3 is 10.1 Å². The lowest BCUT2D eigenvalue weighted by molar-refractivity contribution is -0.139. The van der Waals surface area contributed by atoms with Crippen molar-refractivity contribution in [2.45, 2.75) is 43.8 Å². The molecule has 0 radical (unpaired) electrons. The van der Waals surface area contributed by atoms with Gasteiger partial charge in [0, 0.05) is 5.57 Å². The van der Waals surface area contributed by atoms with E-state index in [0.717, 1.165) is 6.08 Å². The van der Waals surface area contributed by atoms with Gasteiger partial charge in [0.25, 0.3) is 0 Å². The molecule has 3 rings (SSSR count). The summed E-state index contributed by atoms with van der Waals surface area (Å²) < 4.78 is 84.5. The summed E-state index contributed by atoms with van der Waals surface area (Å²) in [5.74, 6) is -0.405. The van der Waals surface area contributed by atoms with Crippen LogP contribution in [0.4, 0.5) is 32.0 Å². The number of hydrogen-bond donors (Lipinski definition) is 1. The summed E-state index contributed by atoms with van der Waals surface area (Å²) in [7, 11) is 0. The number of anilines is 1. The minimum Gasteiger partial charge on any atom is -0.464 e. The second-order valence-electron chi connectivity index (χ2n) is 6.15. The monoisotopic (exact) mass is 489 g/mol. The van der Waals surface area contributed by atoms with Crippen LogP contribution in [-0.2, 0) is 6.18 Å². The van der Waals surface area contributed by atoms with Gasteiger partial charge in [-0.05, 0) is 34.5 Å². The Kier molecular flexibility index (Phi) is 5.19. The number of benzene rings is 1. The van der Waals surface area contributed by atoms with E-state index in [1.807, 2.05) is 22.6 Å². The topological polar surface area (TPSA) is 21.3 Å². The fourth-order valence-corrected chi connectivity index (χ4v) is 3.34. The summed E-state index contributed by atoms with van der Waals surface area (Å²) in [4.78, 5) is 0. The molecule has 9 heteroatoms. The highest BCUT2D eigenvalue weighted by Gasteiger charge is 2.44. The van der Waals surface area contributed by atoms with Gasteiger partial charge in [-0.2, -0.15) is 26.3 Å². The molecule has 0 amide bonds. The molecule has 1 N–H and O–H groups in total. The fraction of sp³-hybridized carbons (Fsp3) is 0.412. The van der Waals surface area contributed by atoms with Crippen molar-refractivity contribution in [3.63, 3.8) is 0 Å². The predicted molar refractivity (Wildman–Crippen MR) is 93.4 cm³/mol. The first-order valence-corrected chi connectivity index (χ1v) is 9.05. The van der Waals surface area contributed by atoms with Crippen LogP contribution >= 0.6 is 22.6 Å². The zero-order valence-corrected chi connectivity index (χ0v) is 15.4. The molecule has 1 aromatic carbocycles. The molecule has 0 saturated heterocycles. The van der Waals surface area contributed by atoms with Crippen LogP contribution in [0.3, 0.4) is 0 Å². The largest absolute Gasteiger partial charge is 0.464 e. The number of halogens is 7. The second kappa shape index (κ2) is 6.97. The van der Waals surface area contributed by atoms with E-state index in [4.69, 9.17) is 4.74 Å². The Bertz CT molecular complexity index is 749. The van der Waals surface area contributed by atoms with Gasteiger partial charge in [-0.15, -0.1) is 0 Å². The fourth-order valence-electron chi connectivity index (χ4n) is 2.81. The maximum absolute atomic E-state index is 13.6. The summed E-state index contributed by atoms with van der Waals surface area (Å²) in [5.41, 5.74) is -0.0789. The Balaban J connectivity index is 1.86. The molecule has 1 saturated carbocycles. The van der Waals surface area contributed by atoms with Crippen molar-refractivity contribution in [3.8, 4) is 5.75 Å².